The summed E-state index contributed by atoms with van der Waals surface area (Å²) in [4.78, 5) is 4.90. The van der Waals surface area contributed by atoms with Crippen LogP contribution in [0.3, 0.4) is 0 Å². The maximum atomic E-state index is 12.1. The van der Waals surface area contributed by atoms with Gasteiger partial charge >= 0.3 is 0 Å². The van der Waals surface area contributed by atoms with Crippen molar-refractivity contribution >= 4 is 16.4 Å². The lowest BCUT2D eigenvalue weighted by Gasteiger charge is -2.11. The zero-order valence-corrected chi connectivity index (χ0v) is 12.4. The average molecular weight is 287 g/mol. The molecule has 1 heterocycles. The molecule has 1 atom stereocenters. The molecule has 1 unspecified atom stereocenters. The van der Waals surface area contributed by atoms with Crippen molar-refractivity contribution in [2.75, 3.05) is 12.9 Å². The molecule has 104 valence electrons. The van der Waals surface area contributed by atoms with Crippen LogP contribution in [0.25, 0.3) is 5.57 Å². The predicted octanol–water partition coefficient (Wildman–Crippen LogP) is 3.28. The highest BCUT2D eigenvalue weighted by Gasteiger charge is 2.12. The Morgan fingerprint density at radius 3 is 2.60 bits per heavy atom. The standard InChI is InChI=1S/C16H17NO2S/c1-4-20(18)16-9-10-17-11-15(16)12(2)13-5-7-14(19-3)8-6-13/h5-11H,2,4H2,1,3H3. The molecule has 0 aliphatic rings. The summed E-state index contributed by atoms with van der Waals surface area (Å²) < 4.78 is 17.2. The predicted molar refractivity (Wildman–Crippen MR) is 82.3 cm³/mol. The Bertz CT molecular complexity index is 635. The van der Waals surface area contributed by atoms with Crippen molar-refractivity contribution in [3.63, 3.8) is 0 Å². The summed E-state index contributed by atoms with van der Waals surface area (Å²) in [6.07, 6.45) is 3.38. The van der Waals surface area contributed by atoms with Gasteiger partial charge in [-0.15, -0.1) is 0 Å². The second kappa shape index (κ2) is 6.48. The van der Waals surface area contributed by atoms with E-state index in [4.69, 9.17) is 4.74 Å². The molecular formula is C16H17NO2S. The number of hydrogen-bond donors (Lipinski definition) is 0. The van der Waals surface area contributed by atoms with Crippen LogP contribution >= 0.6 is 0 Å². The molecule has 3 nitrogen and oxygen atoms in total. The lowest BCUT2D eigenvalue weighted by Crippen LogP contribution is -2.00. The highest BCUT2D eigenvalue weighted by atomic mass is 32.2. The van der Waals surface area contributed by atoms with Gasteiger partial charge in [0, 0.05) is 28.6 Å². The SMILES string of the molecule is C=C(c1ccc(OC)cc1)c1cnccc1S(=O)CC. The highest BCUT2D eigenvalue weighted by molar-refractivity contribution is 7.85. The molecule has 0 N–H and O–H groups in total. The first-order chi connectivity index (χ1) is 9.67. The van der Waals surface area contributed by atoms with Gasteiger partial charge in [0.05, 0.1) is 17.9 Å². The fraction of sp³-hybridized carbons (Fsp3) is 0.188. The molecular weight excluding hydrogens is 270 g/mol. The molecule has 20 heavy (non-hydrogen) atoms. The molecule has 0 aliphatic carbocycles. The van der Waals surface area contributed by atoms with Gasteiger partial charge in [0.25, 0.3) is 0 Å². The normalized spacial score (nSPS) is 11.9. The lowest BCUT2D eigenvalue weighted by atomic mass is 10.0. The topological polar surface area (TPSA) is 39.2 Å². The number of aromatic nitrogens is 1. The van der Waals surface area contributed by atoms with E-state index in [-0.39, 0.29) is 0 Å². The smallest absolute Gasteiger partial charge is 0.118 e. The summed E-state index contributed by atoms with van der Waals surface area (Å²) in [5.74, 6) is 1.37. The number of nitrogens with zero attached hydrogens (tertiary/aromatic N) is 1. The molecule has 0 saturated carbocycles. The largest absolute Gasteiger partial charge is 0.497 e. The molecule has 2 rings (SSSR count). The molecule has 0 spiro atoms. The van der Waals surface area contributed by atoms with Gasteiger partial charge in [0.1, 0.15) is 5.75 Å². The first kappa shape index (κ1) is 14.5. The van der Waals surface area contributed by atoms with E-state index in [1.54, 1.807) is 25.6 Å². The first-order valence-electron chi connectivity index (χ1n) is 6.33. The van der Waals surface area contributed by atoms with Gasteiger partial charge in [-0.3, -0.25) is 9.19 Å². The lowest BCUT2D eigenvalue weighted by molar-refractivity contribution is 0.415. The molecule has 1 aromatic heterocycles. The molecule has 0 fully saturated rings. The van der Waals surface area contributed by atoms with Crippen molar-refractivity contribution in [1.29, 1.82) is 0 Å². The van der Waals surface area contributed by atoms with E-state index in [1.807, 2.05) is 31.2 Å². The second-order valence-electron chi connectivity index (χ2n) is 4.21. The average Bonchev–Trinajstić information content (AvgIpc) is 2.53. The van der Waals surface area contributed by atoms with Crippen molar-refractivity contribution in [2.45, 2.75) is 11.8 Å². The second-order valence-corrected chi connectivity index (χ2v) is 5.92. The van der Waals surface area contributed by atoms with Gasteiger partial charge in [-0.2, -0.15) is 0 Å². The third-order valence-electron chi connectivity index (χ3n) is 3.05. The molecule has 1 aromatic carbocycles. The third-order valence-corrected chi connectivity index (χ3v) is 4.42. The Morgan fingerprint density at radius 2 is 2.00 bits per heavy atom. The summed E-state index contributed by atoms with van der Waals surface area (Å²) in [5, 5.41) is 0. The summed E-state index contributed by atoms with van der Waals surface area (Å²) >= 11 is 0. The Balaban J connectivity index is 2.40. The summed E-state index contributed by atoms with van der Waals surface area (Å²) in [7, 11) is 0.605. The van der Waals surface area contributed by atoms with Crippen molar-refractivity contribution in [3.8, 4) is 5.75 Å². The molecule has 0 aliphatic heterocycles. The number of pyridine rings is 1. The monoisotopic (exact) mass is 287 g/mol. The minimum absolute atomic E-state index is 0.576. The first-order valence-corrected chi connectivity index (χ1v) is 7.65. The summed E-state index contributed by atoms with van der Waals surface area (Å²) in [5.41, 5.74) is 2.61. The number of methoxy groups -OCH3 is 1. The van der Waals surface area contributed by atoms with Crippen LogP contribution in [0, 0.1) is 0 Å². The van der Waals surface area contributed by atoms with Gasteiger partial charge in [0.2, 0.25) is 0 Å². The third kappa shape index (κ3) is 2.96. The zero-order valence-electron chi connectivity index (χ0n) is 11.6. The van der Waals surface area contributed by atoms with Gasteiger partial charge in [-0.25, -0.2) is 0 Å². The Hall–Kier alpha value is -1.94. The minimum atomic E-state index is -1.03. The van der Waals surface area contributed by atoms with Crippen LogP contribution < -0.4 is 4.74 Å². The molecule has 0 bridgehead atoms. The fourth-order valence-electron chi connectivity index (χ4n) is 1.91. The summed E-state index contributed by atoms with van der Waals surface area (Å²) in [6, 6.07) is 9.43. The summed E-state index contributed by atoms with van der Waals surface area (Å²) in [6.45, 7) is 6.01. The Morgan fingerprint density at radius 1 is 1.30 bits per heavy atom. The van der Waals surface area contributed by atoms with Crippen LogP contribution in [-0.4, -0.2) is 22.1 Å². The van der Waals surface area contributed by atoms with E-state index in [0.717, 1.165) is 27.3 Å². The maximum Gasteiger partial charge on any atom is 0.118 e. The van der Waals surface area contributed by atoms with Crippen LogP contribution in [0.4, 0.5) is 0 Å². The van der Waals surface area contributed by atoms with Crippen LogP contribution in [0.5, 0.6) is 5.75 Å². The van der Waals surface area contributed by atoms with Crippen LogP contribution in [0.2, 0.25) is 0 Å². The molecule has 0 radical (unpaired) electrons. The number of hydrogen-bond acceptors (Lipinski definition) is 3. The van der Waals surface area contributed by atoms with E-state index < -0.39 is 10.8 Å². The van der Waals surface area contributed by atoms with Gasteiger partial charge in [0.15, 0.2) is 0 Å². The van der Waals surface area contributed by atoms with Crippen LogP contribution in [0.1, 0.15) is 18.1 Å². The fourth-order valence-corrected chi connectivity index (χ4v) is 2.85. The molecule has 0 amide bonds. The molecule has 4 heteroatoms. The van der Waals surface area contributed by atoms with Crippen molar-refractivity contribution in [2.24, 2.45) is 0 Å². The van der Waals surface area contributed by atoms with E-state index in [2.05, 4.69) is 11.6 Å². The van der Waals surface area contributed by atoms with E-state index in [9.17, 15) is 4.21 Å². The van der Waals surface area contributed by atoms with Crippen molar-refractivity contribution in [1.82, 2.24) is 4.98 Å². The van der Waals surface area contributed by atoms with E-state index in [0.29, 0.717) is 5.75 Å². The maximum absolute atomic E-state index is 12.1. The molecule has 2 aromatic rings. The molecule has 0 saturated heterocycles. The van der Waals surface area contributed by atoms with Crippen LogP contribution in [0.15, 0.2) is 54.2 Å². The van der Waals surface area contributed by atoms with E-state index in [1.165, 1.54) is 0 Å². The van der Waals surface area contributed by atoms with Crippen molar-refractivity contribution < 1.29 is 8.95 Å². The van der Waals surface area contributed by atoms with Crippen molar-refractivity contribution in [3.05, 3.63) is 60.4 Å². The minimum Gasteiger partial charge on any atom is -0.497 e. The zero-order chi connectivity index (χ0) is 14.5. The Labute approximate surface area is 121 Å². The number of ether oxygens (including phenoxy) is 1. The Kier molecular flexibility index (Phi) is 4.69. The number of rotatable bonds is 5. The van der Waals surface area contributed by atoms with Gasteiger partial charge < -0.3 is 4.74 Å². The van der Waals surface area contributed by atoms with Gasteiger partial charge in [-0.05, 0) is 29.3 Å². The quantitative estimate of drug-likeness (QED) is 0.847. The highest BCUT2D eigenvalue weighted by Crippen LogP contribution is 2.27. The van der Waals surface area contributed by atoms with Gasteiger partial charge in [-0.1, -0.05) is 25.6 Å². The van der Waals surface area contributed by atoms with E-state index >= 15 is 0 Å². The number of benzene rings is 1. The van der Waals surface area contributed by atoms with Crippen LogP contribution in [-0.2, 0) is 10.8 Å².